The summed E-state index contributed by atoms with van der Waals surface area (Å²) >= 11 is 0. The number of rotatable bonds is 1. The molecular formula is C12H15NO. The van der Waals surface area contributed by atoms with Crippen molar-refractivity contribution in [3.8, 4) is 5.75 Å². The molecule has 2 unspecified atom stereocenters. The average Bonchev–Trinajstić information content (AvgIpc) is 2.62. The van der Waals surface area contributed by atoms with Gasteiger partial charge in [0.15, 0.2) is 0 Å². The Hall–Kier alpha value is -1.02. The van der Waals surface area contributed by atoms with Gasteiger partial charge in [0.2, 0.25) is 0 Å². The van der Waals surface area contributed by atoms with Crippen LogP contribution in [0, 0.1) is 0 Å². The minimum atomic E-state index is 0.370. The lowest BCUT2D eigenvalue weighted by molar-refractivity contribution is 0.340. The van der Waals surface area contributed by atoms with Crippen molar-refractivity contribution in [1.82, 2.24) is 0 Å². The highest BCUT2D eigenvalue weighted by Crippen LogP contribution is 2.38. The summed E-state index contributed by atoms with van der Waals surface area (Å²) in [6.07, 6.45) is 3.47. The van der Waals surface area contributed by atoms with Crippen LogP contribution in [0.25, 0.3) is 0 Å². The molecule has 0 amide bonds. The van der Waals surface area contributed by atoms with E-state index in [2.05, 4.69) is 18.2 Å². The molecule has 0 saturated heterocycles. The van der Waals surface area contributed by atoms with E-state index in [1.165, 1.54) is 24.0 Å². The van der Waals surface area contributed by atoms with Gasteiger partial charge < -0.3 is 10.5 Å². The molecule has 0 radical (unpaired) electrons. The fraction of sp³-hybridized carbons (Fsp3) is 0.500. The molecule has 1 aromatic carbocycles. The lowest BCUT2D eigenvalue weighted by Gasteiger charge is -2.34. The summed E-state index contributed by atoms with van der Waals surface area (Å²) < 4.78 is 5.55. The fourth-order valence-corrected chi connectivity index (χ4v) is 2.35. The zero-order valence-corrected chi connectivity index (χ0v) is 8.20. The van der Waals surface area contributed by atoms with Crippen LogP contribution in [0.5, 0.6) is 5.75 Å². The van der Waals surface area contributed by atoms with E-state index in [9.17, 15) is 0 Å². The predicted octanol–water partition coefficient (Wildman–Crippen LogP) is 1.83. The van der Waals surface area contributed by atoms with Crippen LogP contribution in [0.15, 0.2) is 18.2 Å². The van der Waals surface area contributed by atoms with Crippen molar-refractivity contribution < 1.29 is 4.74 Å². The van der Waals surface area contributed by atoms with Gasteiger partial charge in [0.25, 0.3) is 0 Å². The molecule has 1 aromatic rings. The Morgan fingerprint density at radius 2 is 2.21 bits per heavy atom. The van der Waals surface area contributed by atoms with Gasteiger partial charge in [0.05, 0.1) is 6.61 Å². The Morgan fingerprint density at radius 1 is 1.29 bits per heavy atom. The maximum absolute atomic E-state index is 5.96. The summed E-state index contributed by atoms with van der Waals surface area (Å²) in [6, 6.07) is 6.97. The second kappa shape index (κ2) is 2.99. The highest BCUT2D eigenvalue weighted by atomic mass is 16.5. The van der Waals surface area contributed by atoms with Crippen LogP contribution < -0.4 is 10.5 Å². The highest BCUT2D eigenvalue weighted by molar-refractivity contribution is 5.42. The predicted molar refractivity (Wildman–Crippen MR) is 55.6 cm³/mol. The molecule has 2 aliphatic rings. The van der Waals surface area contributed by atoms with Crippen molar-refractivity contribution in [2.75, 3.05) is 6.61 Å². The molecule has 1 aliphatic carbocycles. The van der Waals surface area contributed by atoms with Crippen LogP contribution in [0.1, 0.15) is 29.9 Å². The van der Waals surface area contributed by atoms with Crippen LogP contribution in [0.4, 0.5) is 0 Å². The SMILES string of the molecule is NC1CCC1c1ccc2c(c1)OCC2. The van der Waals surface area contributed by atoms with E-state index in [4.69, 9.17) is 10.5 Å². The second-order valence-corrected chi connectivity index (χ2v) is 4.31. The molecule has 0 bridgehead atoms. The highest BCUT2D eigenvalue weighted by Gasteiger charge is 2.29. The van der Waals surface area contributed by atoms with Crippen molar-refractivity contribution in [3.63, 3.8) is 0 Å². The van der Waals surface area contributed by atoms with Crippen LogP contribution in [0.2, 0.25) is 0 Å². The van der Waals surface area contributed by atoms with E-state index in [0.29, 0.717) is 12.0 Å². The maximum Gasteiger partial charge on any atom is 0.122 e. The van der Waals surface area contributed by atoms with E-state index in [1.54, 1.807) is 0 Å². The Kier molecular flexibility index (Phi) is 1.77. The fourth-order valence-electron chi connectivity index (χ4n) is 2.35. The first-order valence-electron chi connectivity index (χ1n) is 5.36. The first-order valence-corrected chi connectivity index (χ1v) is 5.36. The summed E-state index contributed by atoms with van der Waals surface area (Å²) in [7, 11) is 0. The minimum Gasteiger partial charge on any atom is -0.493 e. The third kappa shape index (κ3) is 1.14. The Bertz CT molecular complexity index is 361. The summed E-state index contributed by atoms with van der Waals surface area (Å²) in [5, 5.41) is 0. The van der Waals surface area contributed by atoms with Gasteiger partial charge in [0.1, 0.15) is 5.75 Å². The Balaban J connectivity index is 1.92. The number of hydrogen-bond acceptors (Lipinski definition) is 2. The molecule has 1 heterocycles. The second-order valence-electron chi connectivity index (χ2n) is 4.31. The number of ether oxygens (including phenoxy) is 1. The molecular weight excluding hydrogens is 174 g/mol. The number of nitrogens with two attached hydrogens (primary N) is 1. The molecule has 0 aromatic heterocycles. The third-order valence-electron chi connectivity index (χ3n) is 3.48. The molecule has 2 heteroatoms. The summed E-state index contributed by atoms with van der Waals surface area (Å²) in [4.78, 5) is 0. The summed E-state index contributed by atoms with van der Waals surface area (Å²) in [5.74, 6) is 1.66. The quantitative estimate of drug-likeness (QED) is 0.731. The number of hydrogen-bond donors (Lipinski definition) is 1. The van der Waals surface area contributed by atoms with Crippen molar-refractivity contribution >= 4 is 0 Å². The normalized spacial score (nSPS) is 29.2. The summed E-state index contributed by atoms with van der Waals surface area (Å²) in [6.45, 7) is 0.843. The molecule has 1 aliphatic heterocycles. The minimum absolute atomic E-state index is 0.370. The van der Waals surface area contributed by atoms with Gasteiger partial charge in [-0.3, -0.25) is 0 Å². The standard InChI is InChI=1S/C12H15NO/c13-11-4-3-10(11)9-2-1-8-5-6-14-12(8)7-9/h1-2,7,10-11H,3-6,13H2. The first kappa shape index (κ1) is 8.30. The molecule has 3 rings (SSSR count). The van der Waals surface area contributed by atoms with Gasteiger partial charge in [-0.2, -0.15) is 0 Å². The summed E-state index contributed by atoms with van der Waals surface area (Å²) in [5.41, 5.74) is 8.67. The molecule has 1 fully saturated rings. The van der Waals surface area contributed by atoms with Crippen molar-refractivity contribution in [1.29, 1.82) is 0 Å². The lowest BCUT2D eigenvalue weighted by Crippen LogP contribution is -2.37. The molecule has 14 heavy (non-hydrogen) atoms. The smallest absolute Gasteiger partial charge is 0.122 e. The van der Waals surface area contributed by atoms with Crippen molar-refractivity contribution in [3.05, 3.63) is 29.3 Å². The van der Waals surface area contributed by atoms with Gasteiger partial charge in [-0.15, -0.1) is 0 Å². The zero-order valence-electron chi connectivity index (χ0n) is 8.20. The Labute approximate surface area is 84.1 Å². The topological polar surface area (TPSA) is 35.2 Å². The van der Waals surface area contributed by atoms with Crippen LogP contribution in [-0.2, 0) is 6.42 Å². The van der Waals surface area contributed by atoms with Gasteiger partial charge in [-0.05, 0) is 36.0 Å². The van der Waals surface area contributed by atoms with Gasteiger partial charge in [0, 0.05) is 12.5 Å². The molecule has 74 valence electrons. The molecule has 0 spiro atoms. The van der Waals surface area contributed by atoms with Gasteiger partial charge in [-0.25, -0.2) is 0 Å². The van der Waals surface area contributed by atoms with E-state index < -0.39 is 0 Å². The first-order chi connectivity index (χ1) is 6.84. The van der Waals surface area contributed by atoms with Crippen LogP contribution >= 0.6 is 0 Å². The van der Waals surface area contributed by atoms with E-state index in [1.807, 2.05) is 0 Å². The van der Waals surface area contributed by atoms with Crippen LogP contribution in [-0.4, -0.2) is 12.6 Å². The zero-order chi connectivity index (χ0) is 9.54. The maximum atomic E-state index is 5.96. The van der Waals surface area contributed by atoms with E-state index >= 15 is 0 Å². The molecule has 2 N–H and O–H groups in total. The monoisotopic (exact) mass is 189 g/mol. The Morgan fingerprint density at radius 3 is 2.93 bits per heavy atom. The molecule has 1 saturated carbocycles. The molecule has 2 nitrogen and oxygen atoms in total. The number of fused-ring (bicyclic) bond motifs is 1. The largest absolute Gasteiger partial charge is 0.493 e. The van der Waals surface area contributed by atoms with Crippen LogP contribution in [0.3, 0.4) is 0 Å². The van der Waals surface area contributed by atoms with E-state index in [0.717, 1.165) is 18.8 Å². The lowest BCUT2D eigenvalue weighted by atomic mass is 9.75. The average molecular weight is 189 g/mol. The van der Waals surface area contributed by atoms with Crippen molar-refractivity contribution in [2.45, 2.75) is 31.2 Å². The van der Waals surface area contributed by atoms with Crippen molar-refractivity contribution in [2.24, 2.45) is 5.73 Å². The van der Waals surface area contributed by atoms with E-state index in [-0.39, 0.29) is 0 Å². The molecule has 2 atom stereocenters. The van der Waals surface area contributed by atoms with Gasteiger partial charge >= 0.3 is 0 Å². The van der Waals surface area contributed by atoms with Gasteiger partial charge in [-0.1, -0.05) is 12.1 Å². The third-order valence-corrected chi connectivity index (χ3v) is 3.48. The number of benzene rings is 1.